The van der Waals surface area contributed by atoms with Crippen molar-refractivity contribution in [1.29, 1.82) is 0 Å². The minimum Gasteiger partial charge on any atom is -0.477 e. The second-order valence-corrected chi connectivity index (χ2v) is 19.5. The van der Waals surface area contributed by atoms with Crippen LogP contribution in [0.2, 0.25) is 0 Å². The molecule has 8 nitrogen and oxygen atoms in total. The third-order valence-electron chi connectivity index (χ3n) is 12.0. The number of allylic oxidation sites excluding steroid dienone is 16. The van der Waals surface area contributed by atoms with E-state index in [0.717, 1.165) is 70.6 Å². The number of nitrogens with zero attached hydrogens (tertiary/aromatic N) is 1. The predicted molar refractivity (Wildman–Crippen MR) is 293 cm³/mol. The van der Waals surface area contributed by atoms with Gasteiger partial charge in [-0.3, -0.25) is 9.59 Å². The van der Waals surface area contributed by atoms with Gasteiger partial charge in [-0.2, -0.15) is 0 Å². The number of hydrogen-bond donors (Lipinski definition) is 1. The summed E-state index contributed by atoms with van der Waals surface area (Å²) in [6, 6.07) is -0.632. The maximum absolute atomic E-state index is 12.8. The van der Waals surface area contributed by atoms with E-state index >= 15 is 0 Å². The number of carboxylic acid groups (broad SMARTS) is 1. The van der Waals surface area contributed by atoms with E-state index in [1.54, 1.807) is 0 Å². The van der Waals surface area contributed by atoms with Crippen LogP contribution in [0.3, 0.4) is 0 Å². The van der Waals surface area contributed by atoms with Crippen LogP contribution in [-0.4, -0.2) is 80.6 Å². The summed E-state index contributed by atoms with van der Waals surface area (Å²) in [5.74, 6) is -1.55. The van der Waals surface area contributed by atoms with Crippen molar-refractivity contribution in [3.8, 4) is 0 Å². The Morgan fingerprint density at radius 3 is 1.26 bits per heavy atom. The molecule has 0 rings (SSSR count). The Balaban J connectivity index is 4.33. The maximum Gasteiger partial charge on any atom is 0.362 e. The molecular formula is C61H104NO7+. The number of carbonyl (C=O) groups excluding carboxylic acids is 2. The summed E-state index contributed by atoms with van der Waals surface area (Å²) in [5.41, 5.74) is 0. The Morgan fingerprint density at radius 1 is 0.449 bits per heavy atom. The number of quaternary nitrogens is 1. The molecule has 0 aliphatic rings. The second-order valence-electron chi connectivity index (χ2n) is 19.5. The van der Waals surface area contributed by atoms with E-state index < -0.39 is 18.1 Å². The van der Waals surface area contributed by atoms with Crippen LogP contribution in [0.4, 0.5) is 0 Å². The third kappa shape index (κ3) is 49.0. The second kappa shape index (κ2) is 50.6. The van der Waals surface area contributed by atoms with Crippen molar-refractivity contribution < 1.29 is 38.2 Å². The van der Waals surface area contributed by atoms with Crippen LogP contribution < -0.4 is 0 Å². The lowest BCUT2D eigenvalue weighted by Gasteiger charge is -2.31. The van der Waals surface area contributed by atoms with Gasteiger partial charge < -0.3 is 23.8 Å². The van der Waals surface area contributed by atoms with Crippen molar-refractivity contribution in [3.05, 3.63) is 97.2 Å². The van der Waals surface area contributed by atoms with Crippen molar-refractivity contribution in [2.24, 2.45) is 0 Å². The number of rotatable bonds is 49. The highest BCUT2D eigenvalue weighted by atomic mass is 16.6. The van der Waals surface area contributed by atoms with Gasteiger partial charge in [-0.15, -0.1) is 0 Å². The van der Waals surface area contributed by atoms with Gasteiger partial charge in [0.2, 0.25) is 0 Å². The van der Waals surface area contributed by atoms with Crippen molar-refractivity contribution >= 4 is 17.9 Å². The Labute approximate surface area is 424 Å². The van der Waals surface area contributed by atoms with Gasteiger partial charge in [-0.05, 0) is 89.9 Å². The molecule has 69 heavy (non-hydrogen) atoms. The fourth-order valence-electron chi connectivity index (χ4n) is 7.72. The van der Waals surface area contributed by atoms with Crippen LogP contribution in [0.5, 0.6) is 0 Å². The number of ether oxygens (including phenoxy) is 3. The molecule has 8 heteroatoms. The van der Waals surface area contributed by atoms with Gasteiger partial charge in [0.05, 0.1) is 34.4 Å². The van der Waals surface area contributed by atoms with Crippen LogP contribution in [0.15, 0.2) is 97.2 Å². The highest BCUT2D eigenvalue weighted by molar-refractivity contribution is 5.72. The first kappa shape index (κ1) is 65.2. The van der Waals surface area contributed by atoms with Gasteiger partial charge in [0.1, 0.15) is 6.61 Å². The lowest BCUT2D eigenvalue weighted by Crippen LogP contribution is -2.50. The molecule has 0 amide bonds. The third-order valence-corrected chi connectivity index (χ3v) is 12.0. The highest BCUT2D eigenvalue weighted by Gasteiger charge is 2.31. The Kier molecular flexibility index (Phi) is 47.9. The monoisotopic (exact) mass is 963 g/mol. The zero-order valence-corrected chi connectivity index (χ0v) is 45.0. The molecule has 0 heterocycles. The summed E-state index contributed by atoms with van der Waals surface area (Å²) in [4.78, 5) is 37.2. The predicted octanol–water partition coefficient (Wildman–Crippen LogP) is 16.6. The molecule has 2 atom stereocenters. The molecule has 0 spiro atoms. The molecule has 0 saturated heterocycles. The van der Waals surface area contributed by atoms with Crippen molar-refractivity contribution in [2.45, 2.75) is 231 Å². The minimum absolute atomic E-state index is 0.0313. The summed E-state index contributed by atoms with van der Waals surface area (Å²) in [6.07, 6.45) is 69.1. The van der Waals surface area contributed by atoms with Crippen LogP contribution in [0.25, 0.3) is 0 Å². The average Bonchev–Trinajstić information content (AvgIpc) is 3.31. The lowest BCUT2D eigenvalue weighted by molar-refractivity contribution is -0.887. The first-order valence-electron chi connectivity index (χ1n) is 27.8. The molecule has 0 fully saturated rings. The number of likely N-dealkylation sites (N-methyl/N-ethyl adjacent to an activating group) is 1. The van der Waals surface area contributed by atoms with Gasteiger partial charge in [0.25, 0.3) is 0 Å². The zero-order valence-electron chi connectivity index (χ0n) is 45.0. The highest BCUT2D eigenvalue weighted by Crippen LogP contribution is 2.15. The Morgan fingerprint density at radius 2 is 0.826 bits per heavy atom. The van der Waals surface area contributed by atoms with Crippen LogP contribution in [0.1, 0.15) is 219 Å². The summed E-state index contributed by atoms with van der Waals surface area (Å²) >= 11 is 0. The molecule has 0 radical (unpaired) electrons. The lowest BCUT2D eigenvalue weighted by atomic mass is 10.0. The smallest absolute Gasteiger partial charge is 0.362 e. The van der Waals surface area contributed by atoms with E-state index in [1.165, 1.54) is 109 Å². The normalized spacial score (nSPS) is 13.6. The fourth-order valence-corrected chi connectivity index (χ4v) is 7.72. The molecule has 2 unspecified atom stereocenters. The van der Waals surface area contributed by atoms with Crippen molar-refractivity contribution in [1.82, 2.24) is 0 Å². The van der Waals surface area contributed by atoms with Gasteiger partial charge >= 0.3 is 17.9 Å². The van der Waals surface area contributed by atoms with Crippen LogP contribution in [0, 0.1) is 0 Å². The van der Waals surface area contributed by atoms with E-state index in [4.69, 9.17) is 14.2 Å². The van der Waals surface area contributed by atoms with Gasteiger partial charge in [-0.25, -0.2) is 4.79 Å². The maximum atomic E-state index is 12.8. The molecule has 0 aliphatic carbocycles. The first-order valence-corrected chi connectivity index (χ1v) is 27.8. The fraction of sp³-hybridized carbons (Fsp3) is 0.689. The molecule has 0 bridgehead atoms. The molecule has 0 aromatic heterocycles. The van der Waals surface area contributed by atoms with Gasteiger partial charge in [-0.1, -0.05) is 207 Å². The molecule has 394 valence electrons. The molecular weight excluding hydrogens is 859 g/mol. The van der Waals surface area contributed by atoms with Crippen LogP contribution >= 0.6 is 0 Å². The van der Waals surface area contributed by atoms with E-state index in [2.05, 4.69) is 111 Å². The number of hydrogen-bond acceptors (Lipinski definition) is 6. The molecule has 1 N–H and O–H groups in total. The van der Waals surface area contributed by atoms with Crippen molar-refractivity contribution in [2.75, 3.05) is 41.0 Å². The van der Waals surface area contributed by atoms with Gasteiger partial charge in [0.15, 0.2) is 12.1 Å². The molecule has 0 aromatic carbocycles. The summed E-state index contributed by atoms with van der Waals surface area (Å²) < 4.78 is 17.3. The Bertz CT molecular complexity index is 1450. The molecule has 0 aliphatic heterocycles. The number of carboxylic acids is 1. The summed E-state index contributed by atoms with van der Waals surface area (Å²) in [7, 11) is 5.51. The average molecular weight is 964 g/mol. The molecule has 0 saturated carbocycles. The van der Waals surface area contributed by atoms with E-state index in [-0.39, 0.29) is 42.7 Å². The van der Waals surface area contributed by atoms with Crippen molar-refractivity contribution in [3.63, 3.8) is 0 Å². The Hall–Kier alpha value is -3.75. The SMILES string of the molecule is CC/C=C/C/C=C/C/C=C/C/C=C/C/C=C/C/C=C/C/C=C/CCCC(=O)OC(COCCC(C(=O)O)[N+](C)(C)C)COC(=O)CCCCCCCCC/C=C/CCCCCCCCCCCCC. The largest absolute Gasteiger partial charge is 0.477 e. The van der Waals surface area contributed by atoms with Crippen LogP contribution in [-0.2, 0) is 28.6 Å². The molecule has 0 aromatic rings. The van der Waals surface area contributed by atoms with E-state index in [0.29, 0.717) is 19.3 Å². The minimum atomic E-state index is -0.887. The summed E-state index contributed by atoms with van der Waals surface area (Å²) in [5, 5.41) is 9.67. The number of carbonyl (C=O) groups is 3. The summed E-state index contributed by atoms with van der Waals surface area (Å²) in [6.45, 7) is 4.57. The van der Waals surface area contributed by atoms with E-state index in [9.17, 15) is 19.5 Å². The van der Waals surface area contributed by atoms with Gasteiger partial charge in [0, 0.05) is 19.3 Å². The number of aliphatic carboxylic acids is 1. The standard InChI is InChI=1S/C61H103NO7/c1-6-8-10-12-14-16-18-20-22-24-26-28-30-32-34-36-38-40-42-44-46-48-50-52-60(64)69-57(55-67-54-53-58(61(65)66)62(3,4)5)56-68-59(63)51-49-47-45-43-41-39-37-35-33-31-29-27-25-23-21-19-17-15-13-11-9-7-2/h8,10,14,16,20,22,26,28,31-34,38,40,44,46,57-58H,6-7,9,11-13,15,17-19,21,23-25,27,29-30,35-37,39,41-43,45,47-56H2,1-5H3/p+1/b10-8+,16-14+,22-20+,28-26+,33-31+,34-32+,40-38+,46-44+. The number of esters is 2. The first-order chi connectivity index (χ1) is 33.6. The zero-order chi connectivity index (χ0) is 50.6. The quantitative estimate of drug-likeness (QED) is 0.0281. The van der Waals surface area contributed by atoms with E-state index in [1.807, 2.05) is 21.1 Å². The topological polar surface area (TPSA) is 99.1 Å². The number of unbranched alkanes of at least 4 members (excludes halogenated alkanes) is 19.